The van der Waals surface area contributed by atoms with Gasteiger partial charge in [0, 0.05) is 30.6 Å². The molecule has 118 valence electrons. The summed E-state index contributed by atoms with van der Waals surface area (Å²) in [5, 5.41) is 3.41. The summed E-state index contributed by atoms with van der Waals surface area (Å²) in [5.74, 6) is 3.14. The standard InChI is InChI=1S/C17H30N4/c1-6-9-15-19-16(18-8-3)13(5)17(20-15)21-12(4)10-11-14(21)7-2/h12,14H,6-11H2,1-5H3,(H,18,19,20). The van der Waals surface area contributed by atoms with Crippen molar-refractivity contribution in [3.05, 3.63) is 11.4 Å². The van der Waals surface area contributed by atoms with E-state index >= 15 is 0 Å². The molecule has 1 aromatic rings. The Hall–Kier alpha value is -1.32. The maximum atomic E-state index is 4.91. The molecule has 1 fully saturated rings. The average molecular weight is 290 g/mol. The molecule has 2 atom stereocenters. The van der Waals surface area contributed by atoms with E-state index in [1.807, 2.05) is 0 Å². The molecule has 1 aromatic heterocycles. The lowest BCUT2D eigenvalue weighted by Crippen LogP contribution is -2.36. The molecule has 1 aliphatic rings. The molecular formula is C17H30N4. The lowest BCUT2D eigenvalue weighted by atomic mass is 10.1. The van der Waals surface area contributed by atoms with Crippen molar-refractivity contribution in [2.45, 2.75) is 78.8 Å². The van der Waals surface area contributed by atoms with E-state index < -0.39 is 0 Å². The molecular weight excluding hydrogens is 260 g/mol. The van der Waals surface area contributed by atoms with Crippen LogP contribution in [0.5, 0.6) is 0 Å². The normalized spacial score (nSPS) is 21.9. The summed E-state index contributed by atoms with van der Waals surface area (Å²) in [6, 6.07) is 1.20. The van der Waals surface area contributed by atoms with E-state index in [1.54, 1.807) is 0 Å². The third-order valence-electron chi connectivity index (χ3n) is 4.49. The van der Waals surface area contributed by atoms with Crippen molar-refractivity contribution in [3.63, 3.8) is 0 Å². The van der Waals surface area contributed by atoms with Crippen molar-refractivity contribution in [1.29, 1.82) is 0 Å². The second-order valence-electron chi connectivity index (χ2n) is 6.11. The molecule has 2 unspecified atom stereocenters. The maximum absolute atomic E-state index is 4.91. The van der Waals surface area contributed by atoms with Crippen LogP contribution in [0.3, 0.4) is 0 Å². The number of nitrogens with zero attached hydrogens (tertiary/aromatic N) is 3. The summed E-state index contributed by atoms with van der Waals surface area (Å²) < 4.78 is 0. The fourth-order valence-corrected chi connectivity index (χ4v) is 3.33. The lowest BCUT2D eigenvalue weighted by molar-refractivity contribution is 0.616. The number of rotatable bonds is 6. The van der Waals surface area contributed by atoms with Gasteiger partial charge in [0.15, 0.2) is 0 Å². The topological polar surface area (TPSA) is 41.1 Å². The Morgan fingerprint density at radius 2 is 1.95 bits per heavy atom. The SMILES string of the molecule is CCCc1nc(NCC)c(C)c(N2C(C)CCC2CC)n1. The minimum absolute atomic E-state index is 0.576. The first kappa shape index (κ1) is 16.1. The Bertz CT molecular complexity index is 472. The van der Waals surface area contributed by atoms with Crippen LogP contribution in [0.2, 0.25) is 0 Å². The molecule has 0 bridgehead atoms. The number of hydrogen-bond acceptors (Lipinski definition) is 4. The van der Waals surface area contributed by atoms with Crippen LogP contribution in [-0.2, 0) is 6.42 Å². The van der Waals surface area contributed by atoms with Gasteiger partial charge in [-0.05, 0) is 46.5 Å². The van der Waals surface area contributed by atoms with Crippen LogP contribution in [0.1, 0.15) is 64.8 Å². The first-order chi connectivity index (χ1) is 10.1. The second-order valence-corrected chi connectivity index (χ2v) is 6.11. The Balaban J connectivity index is 2.44. The van der Waals surface area contributed by atoms with Crippen molar-refractivity contribution in [2.24, 2.45) is 0 Å². The Morgan fingerprint density at radius 1 is 1.19 bits per heavy atom. The largest absolute Gasteiger partial charge is 0.370 e. The minimum atomic E-state index is 0.576. The van der Waals surface area contributed by atoms with Gasteiger partial charge in [0.25, 0.3) is 0 Å². The molecule has 0 spiro atoms. The summed E-state index contributed by atoms with van der Waals surface area (Å²) >= 11 is 0. The van der Waals surface area contributed by atoms with E-state index in [0.29, 0.717) is 12.1 Å². The number of nitrogens with one attached hydrogen (secondary N) is 1. The first-order valence-electron chi connectivity index (χ1n) is 8.51. The molecule has 1 aliphatic heterocycles. The van der Waals surface area contributed by atoms with Crippen LogP contribution in [0, 0.1) is 6.92 Å². The second kappa shape index (κ2) is 7.10. The van der Waals surface area contributed by atoms with Crippen molar-refractivity contribution < 1.29 is 0 Å². The molecule has 4 heteroatoms. The van der Waals surface area contributed by atoms with Gasteiger partial charge < -0.3 is 10.2 Å². The molecule has 21 heavy (non-hydrogen) atoms. The summed E-state index contributed by atoms with van der Waals surface area (Å²) in [6.45, 7) is 12.0. The van der Waals surface area contributed by atoms with Gasteiger partial charge in [-0.3, -0.25) is 0 Å². The first-order valence-corrected chi connectivity index (χ1v) is 8.51. The van der Waals surface area contributed by atoms with Crippen molar-refractivity contribution in [1.82, 2.24) is 9.97 Å². The summed E-state index contributed by atoms with van der Waals surface area (Å²) in [6.07, 6.45) is 5.77. The van der Waals surface area contributed by atoms with E-state index in [9.17, 15) is 0 Å². The van der Waals surface area contributed by atoms with E-state index in [4.69, 9.17) is 9.97 Å². The molecule has 4 nitrogen and oxygen atoms in total. The van der Waals surface area contributed by atoms with Crippen LogP contribution in [0.25, 0.3) is 0 Å². The van der Waals surface area contributed by atoms with Crippen LogP contribution >= 0.6 is 0 Å². The molecule has 2 heterocycles. The number of aromatic nitrogens is 2. The van der Waals surface area contributed by atoms with E-state index in [2.05, 4.69) is 44.8 Å². The van der Waals surface area contributed by atoms with Crippen LogP contribution in [-0.4, -0.2) is 28.6 Å². The molecule has 2 rings (SSSR count). The zero-order valence-corrected chi connectivity index (χ0v) is 14.2. The molecule has 0 amide bonds. The predicted molar refractivity (Wildman–Crippen MR) is 90.2 cm³/mol. The predicted octanol–water partition coefficient (Wildman–Crippen LogP) is 3.94. The number of anilines is 2. The Labute approximate surface area is 129 Å². The average Bonchev–Trinajstić information content (AvgIpc) is 2.84. The number of hydrogen-bond donors (Lipinski definition) is 1. The van der Waals surface area contributed by atoms with Crippen molar-refractivity contribution in [2.75, 3.05) is 16.8 Å². The lowest BCUT2D eigenvalue weighted by Gasteiger charge is -2.31. The molecule has 0 saturated carbocycles. The van der Waals surface area contributed by atoms with Gasteiger partial charge in [-0.1, -0.05) is 13.8 Å². The van der Waals surface area contributed by atoms with Crippen molar-refractivity contribution in [3.8, 4) is 0 Å². The summed E-state index contributed by atoms with van der Waals surface area (Å²) in [5.41, 5.74) is 1.20. The quantitative estimate of drug-likeness (QED) is 0.861. The van der Waals surface area contributed by atoms with E-state index in [1.165, 1.54) is 24.8 Å². The van der Waals surface area contributed by atoms with Gasteiger partial charge in [0.05, 0.1) is 0 Å². The number of aryl methyl sites for hydroxylation is 1. The van der Waals surface area contributed by atoms with Gasteiger partial charge in [-0.2, -0.15) is 0 Å². The van der Waals surface area contributed by atoms with E-state index in [0.717, 1.165) is 36.8 Å². The monoisotopic (exact) mass is 290 g/mol. The van der Waals surface area contributed by atoms with Crippen LogP contribution in [0.15, 0.2) is 0 Å². The highest BCUT2D eigenvalue weighted by Gasteiger charge is 2.32. The highest BCUT2D eigenvalue weighted by atomic mass is 15.3. The zero-order chi connectivity index (χ0) is 15.4. The highest BCUT2D eigenvalue weighted by Crippen LogP contribution is 2.34. The fourth-order valence-electron chi connectivity index (χ4n) is 3.33. The third-order valence-corrected chi connectivity index (χ3v) is 4.49. The van der Waals surface area contributed by atoms with Crippen LogP contribution in [0.4, 0.5) is 11.6 Å². The Kier molecular flexibility index (Phi) is 5.43. The molecule has 1 saturated heterocycles. The van der Waals surface area contributed by atoms with Gasteiger partial charge >= 0.3 is 0 Å². The van der Waals surface area contributed by atoms with Crippen molar-refractivity contribution >= 4 is 11.6 Å². The molecule has 0 radical (unpaired) electrons. The third kappa shape index (κ3) is 3.30. The smallest absolute Gasteiger partial charge is 0.137 e. The zero-order valence-electron chi connectivity index (χ0n) is 14.2. The maximum Gasteiger partial charge on any atom is 0.137 e. The molecule has 1 N–H and O–H groups in total. The van der Waals surface area contributed by atoms with Crippen LogP contribution < -0.4 is 10.2 Å². The molecule has 0 aromatic carbocycles. The van der Waals surface area contributed by atoms with E-state index in [-0.39, 0.29) is 0 Å². The molecule has 0 aliphatic carbocycles. The Morgan fingerprint density at radius 3 is 2.57 bits per heavy atom. The van der Waals surface area contributed by atoms with Gasteiger partial charge in [-0.25, -0.2) is 9.97 Å². The van der Waals surface area contributed by atoms with Gasteiger partial charge in [0.2, 0.25) is 0 Å². The highest BCUT2D eigenvalue weighted by molar-refractivity contribution is 5.60. The summed E-state index contributed by atoms with van der Waals surface area (Å²) in [7, 11) is 0. The minimum Gasteiger partial charge on any atom is -0.370 e. The van der Waals surface area contributed by atoms with Gasteiger partial charge in [-0.15, -0.1) is 0 Å². The fraction of sp³-hybridized carbons (Fsp3) is 0.765. The van der Waals surface area contributed by atoms with Gasteiger partial charge in [0.1, 0.15) is 17.5 Å². The summed E-state index contributed by atoms with van der Waals surface area (Å²) in [4.78, 5) is 12.2.